The van der Waals surface area contributed by atoms with Gasteiger partial charge < -0.3 is 10.1 Å². The van der Waals surface area contributed by atoms with Gasteiger partial charge in [0.2, 0.25) is 0 Å². The van der Waals surface area contributed by atoms with E-state index in [0.717, 1.165) is 23.1 Å². The number of halogens is 2. The maximum atomic E-state index is 13.4. The molecule has 1 radical (unpaired) electrons. The standard InChI is InChI=1S/C12H8F2N.C10H7NO2.Ir/c1-8-4-5-15-12(6-8)10-3-2-9(13)7-11(10)14;12-10(13)8-5-1-3-7-4-2-6-11-9(7)8;/h2,4-7H,1H3;1-6H,(H,12,13);/q-1;;. The van der Waals surface area contributed by atoms with Gasteiger partial charge in [0, 0.05) is 49.5 Å². The normalized spacial score (nSPS) is 9.90. The minimum Gasteiger partial charge on any atom is -0.478 e. The van der Waals surface area contributed by atoms with Crippen molar-refractivity contribution in [3.8, 4) is 11.3 Å². The first-order valence-electron chi connectivity index (χ1n) is 8.32. The summed E-state index contributed by atoms with van der Waals surface area (Å²) in [5, 5.41) is 9.69. The molecule has 4 nitrogen and oxygen atoms in total. The van der Waals surface area contributed by atoms with Crippen LogP contribution in [0.25, 0.3) is 22.2 Å². The van der Waals surface area contributed by atoms with E-state index >= 15 is 0 Å². The molecule has 0 spiro atoms. The van der Waals surface area contributed by atoms with Crippen LogP contribution in [0.3, 0.4) is 0 Å². The molecule has 1 N–H and O–H groups in total. The summed E-state index contributed by atoms with van der Waals surface area (Å²) < 4.78 is 26.0. The Kier molecular flexibility index (Phi) is 7.65. The van der Waals surface area contributed by atoms with E-state index in [1.807, 2.05) is 25.1 Å². The third kappa shape index (κ3) is 5.50. The van der Waals surface area contributed by atoms with Gasteiger partial charge in [-0.05, 0) is 30.8 Å². The second-order valence-electron chi connectivity index (χ2n) is 5.95. The predicted octanol–water partition coefficient (Wildman–Crippen LogP) is 5.07. The summed E-state index contributed by atoms with van der Waals surface area (Å²) in [4.78, 5) is 18.8. The van der Waals surface area contributed by atoms with Crippen LogP contribution in [0.15, 0.2) is 67.0 Å². The third-order valence-electron chi connectivity index (χ3n) is 3.89. The number of nitrogens with zero attached hydrogens (tertiary/aromatic N) is 2. The summed E-state index contributed by atoms with van der Waals surface area (Å²) in [6.07, 6.45) is 3.18. The number of hydrogen-bond acceptors (Lipinski definition) is 3. The quantitative estimate of drug-likeness (QED) is 0.343. The number of pyridine rings is 2. The molecule has 0 bridgehead atoms. The second-order valence-corrected chi connectivity index (χ2v) is 5.95. The Bertz CT molecular complexity index is 1150. The molecule has 0 saturated heterocycles. The molecule has 0 fully saturated rings. The second kappa shape index (κ2) is 9.96. The minimum absolute atomic E-state index is 0. The number of benzene rings is 2. The van der Waals surface area contributed by atoms with E-state index in [0.29, 0.717) is 11.2 Å². The zero-order chi connectivity index (χ0) is 20.1. The summed E-state index contributed by atoms with van der Waals surface area (Å²) in [6, 6.07) is 16.7. The maximum absolute atomic E-state index is 13.4. The van der Waals surface area contributed by atoms with Gasteiger partial charge in [0.15, 0.2) is 0 Å². The van der Waals surface area contributed by atoms with Gasteiger partial charge in [-0.1, -0.05) is 41.5 Å². The fraction of sp³-hybridized carbons (Fsp3) is 0.0455. The Hall–Kier alpha value is -3.02. The molecule has 4 aromatic rings. The van der Waals surface area contributed by atoms with E-state index in [1.54, 1.807) is 36.7 Å². The molecule has 0 saturated carbocycles. The Morgan fingerprint density at radius 2 is 1.79 bits per heavy atom. The molecule has 0 aliphatic heterocycles. The monoisotopic (exact) mass is 570 g/mol. The zero-order valence-corrected chi connectivity index (χ0v) is 17.6. The van der Waals surface area contributed by atoms with Gasteiger partial charge in [0.1, 0.15) is 0 Å². The van der Waals surface area contributed by atoms with Crippen molar-refractivity contribution >= 4 is 16.9 Å². The fourth-order valence-corrected chi connectivity index (χ4v) is 2.59. The first-order chi connectivity index (χ1) is 13.5. The summed E-state index contributed by atoms with van der Waals surface area (Å²) in [5.41, 5.74) is 2.42. The molecular formula is C22H15F2IrN2O2-. The van der Waals surface area contributed by atoms with E-state index in [1.165, 1.54) is 0 Å². The van der Waals surface area contributed by atoms with E-state index in [9.17, 15) is 13.6 Å². The molecule has 29 heavy (non-hydrogen) atoms. The van der Waals surface area contributed by atoms with Crippen molar-refractivity contribution < 1.29 is 38.8 Å². The molecule has 2 aromatic heterocycles. The average molecular weight is 570 g/mol. The molecule has 0 amide bonds. The van der Waals surface area contributed by atoms with Gasteiger partial charge in [-0.3, -0.25) is 13.8 Å². The van der Waals surface area contributed by atoms with Crippen molar-refractivity contribution in [2.24, 2.45) is 0 Å². The number of carboxylic acids is 1. The smallest absolute Gasteiger partial charge is 0.337 e. The Morgan fingerprint density at radius 1 is 1.03 bits per heavy atom. The van der Waals surface area contributed by atoms with Gasteiger partial charge in [0.25, 0.3) is 0 Å². The Labute approximate surface area is 179 Å². The van der Waals surface area contributed by atoms with Crippen LogP contribution < -0.4 is 0 Å². The number of para-hydroxylation sites is 1. The molecule has 2 heterocycles. The van der Waals surface area contributed by atoms with Crippen molar-refractivity contribution in [2.75, 3.05) is 0 Å². The number of aromatic carboxylic acids is 1. The topological polar surface area (TPSA) is 63.1 Å². The SMILES string of the molecule is Cc1ccnc(-c2[c-]cc(F)cc2F)c1.O=C(O)c1cccc2cccnc12.[Ir]. The zero-order valence-electron chi connectivity index (χ0n) is 15.2. The van der Waals surface area contributed by atoms with E-state index < -0.39 is 17.6 Å². The molecule has 0 aliphatic rings. The van der Waals surface area contributed by atoms with Gasteiger partial charge >= 0.3 is 5.97 Å². The molecular weight excluding hydrogens is 554 g/mol. The summed E-state index contributed by atoms with van der Waals surface area (Å²) >= 11 is 0. The number of carboxylic acid groups (broad SMARTS) is 1. The molecule has 7 heteroatoms. The van der Waals surface area contributed by atoms with E-state index in [2.05, 4.69) is 16.0 Å². The maximum Gasteiger partial charge on any atom is 0.337 e. The van der Waals surface area contributed by atoms with Crippen LogP contribution in [0.5, 0.6) is 0 Å². The largest absolute Gasteiger partial charge is 0.478 e. The van der Waals surface area contributed by atoms with Crippen molar-refractivity contribution in [1.82, 2.24) is 9.97 Å². The summed E-state index contributed by atoms with van der Waals surface area (Å²) in [6.45, 7) is 1.88. The van der Waals surface area contributed by atoms with Crippen molar-refractivity contribution in [2.45, 2.75) is 6.92 Å². The Morgan fingerprint density at radius 3 is 2.48 bits per heavy atom. The van der Waals surface area contributed by atoms with Gasteiger partial charge in [-0.25, -0.2) is 4.79 Å². The van der Waals surface area contributed by atoms with Crippen molar-refractivity contribution in [3.05, 3.63) is 95.8 Å². The van der Waals surface area contributed by atoms with Crippen molar-refractivity contribution in [3.63, 3.8) is 0 Å². The molecule has 0 unspecified atom stereocenters. The van der Waals surface area contributed by atoms with E-state index in [-0.39, 0.29) is 31.2 Å². The fourth-order valence-electron chi connectivity index (χ4n) is 2.59. The summed E-state index contributed by atoms with van der Waals surface area (Å²) in [5.74, 6) is -2.22. The van der Waals surface area contributed by atoms with Crippen LogP contribution >= 0.6 is 0 Å². The number of aryl methyl sites for hydroxylation is 1. The number of fused-ring (bicyclic) bond motifs is 1. The van der Waals surface area contributed by atoms with Crippen LogP contribution in [0.4, 0.5) is 8.78 Å². The number of rotatable bonds is 2. The Balaban J connectivity index is 0.000000202. The minimum atomic E-state index is -0.940. The van der Waals surface area contributed by atoms with Crippen molar-refractivity contribution in [1.29, 1.82) is 0 Å². The molecule has 0 atom stereocenters. The van der Waals surface area contributed by atoms with Crippen LogP contribution in [-0.2, 0) is 20.1 Å². The average Bonchev–Trinajstić information content (AvgIpc) is 2.68. The van der Waals surface area contributed by atoms with Crippen LogP contribution in [-0.4, -0.2) is 21.0 Å². The van der Waals surface area contributed by atoms with Gasteiger partial charge in [-0.15, -0.1) is 12.1 Å². The molecule has 149 valence electrons. The van der Waals surface area contributed by atoms with Crippen LogP contribution in [0, 0.1) is 24.6 Å². The van der Waals surface area contributed by atoms with Gasteiger partial charge in [0.05, 0.1) is 11.1 Å². The molecule has 0 aliphatic carbocycles. The number of hydrogen-bond donors (Lipinski definition) is 1. The molecule has 4 rings (SSSR count). The third-order valence-corrected chi connectivity index (χ3v) is 3.89. The van der Waals surface area contributed by atoms with E-state index in [4.69, 9.17) is 5.11 Å². The van der Waals surface area contributed by atoms with Gasteiger partial charge in [-0.2, -0.15) is 0 Å². The number of aromatic nitrogens is 2. The van der Waals surface area contributed by atoms with Crippen LogP contribution in [0.2, 0.25) is 0 Å². The first-order valence-corrected chi connectivity index (χ1v) is 8.32. The molecule has 2 aromatic carbocycles. The number of carbonyl (C=O) groups is 1. The first kappa shape index (κ1) is 22.3. The predicted molar refractivity (Wildman–Crippen MR) is 102 cm³/mol. The summed E-state index contributed by atoms with van der Waals surface area (Å²) in [7, 11) is 0. The van der Waals surface area contributed by atoms with Crippen LogP contribution in [0.1, 0.15) is 15.9 Å².